The number of carboxylic acid groups (broad SMARTS) is 1. The third kappa shape index (κ3) is 3.01. The van der Waals surface area contributed by atoms with Crippen LogP contribution in [0, 0.1) is 12.3 Å². The maximum Gasteiger partial charge on any atom is 0.321 e. The molecule has 2 rings (SSSR count). The van der Waals surface area contributed by atoms with Crippen LogP contribution < -0.4 is 10.2 Å². The number of hydrogen-bond acceptors (Lipinski definition) is 2. The van der Waals surface area contributed by atoms with Crippen molar-refractivity contribution in [2.24, 2.45) is 5.41 Å². The van der Waals surface area contributed by atoms with E-state index in [0.717, 1.165) is 17.7 Å². The van der Waals surface area contributed by atoms with Crippen molar-refractivity contribution in [1.82, 2.24) is 5.32 Å². The Morgan fingerprint density at radius 2 is 2.00 bits per heavy atom. The molecule has 0 bridgehead atoms. The molecule has 0 spiro atoms. The molecule has 0 unspecified atom stereocenters. The van der Waals surface area contributed by atoms with E-state index in [1.54, 1.807) is 4.90 Å². The molecule has 5 heteroatoms. The second-order valence-corrected chi connectivity index (χ2v) is 5.63. The fraction of sp³-hybridized carbons (Fsp3) is 0.500. The van der Waals surface area contributed by atoms with Crippen molar-refractivity contribution in [3.8, 4) is 0 Å². The first-order valence-electron chi connectivity index (χ1n) is 7.34. The summed E-state index contributed by atoms with van der Waals surface area (Å²) < 4.78 is 0. The number of urea groups is 1. The molecule has 0 saturated heterocycles. The lowest BCUT2D eigenvalue weighted by molar-refractivity contribution is -0.153. The van der Waals surface area contributed by atoms with Crippen molar-refractivity contribution in [1.29, 1.82) is 0 Å². The Labute approximate surface area is 125 Å². The minimum atomic E-state index is -0.812. The van der Waals surface area contributed by atoms with Crippen LogP contribution in [0.25, 0.3) is 0 Å². The summed E-state index contributed by atoms with van der Waals surface area (Å²) in [7, 11) is 0. The highest BCUT2D eigenvalue weighted by atomic mass is 16.4. The van der Waals surface area contributed by atoms with Gasteiger partial charge in [-0.3, -0.25) is 9.69 Å². The molecule has 0 aliphatic heterocycles. The maximum atomic E-state index is 12.4. The fourth-order valence-electron chi connectivity index (χ4n) is 2.70. The molecule has 1 aliphatic carbocycles. The normalized spacial score (nSPS) is 15.9. The van der Waals surface area contributed by atoms with Gasteiger partial charge in [-0.25, -0.2) is 4.79 Å². The van der Waals surface area contributed by atoms with Gasteiger partial charge in [0.05, 0.1) is 5.41 Å². The van der Waals surface area contributed by atoms with E-state index >= 15 is 0 Å². The number of aliphatic carboxylic acids is 1. The molecule has 1 fully saturated rings. The van der Waals surface area contributed by atoms with Crippen LogP contribution in [0.2, 0.25) is 0 Å². The van der Waals surface area contributed by atoms with Crippen molar-refractivity contribution in [2.75, 3.05) is 18.0 Å². The zero-order valence-electron chi connectivity index (χ0n) is 12.6. The average Bonchev–Trinajstić information content (AvgIpc) is 2.40. The molecule has 0 aromatic heterocycles. The minimum Gasteiger partial charge on any atom is -0.481 e. The highest BCUT2D eigenvalue weighted by Gasteiger charge is 2.44. The van der Waals surface area contributed by atoms with Gasteiger partial charge in [0.2, 0.25) is 0 Å². The van der Waals surface area contributed by atoms with Gasteiger partial charge in [-0.15, -0.1) is 0 Å². The van der Waals surface area contributed by atoms with Crippen LogP contribution in [-0.2, 0) is 4.79 Å². The van der Waals surface area contributed by atoms with Crippen LogP contribution in [-0.4, -0.2) is 30.2 Å². The number of anilines is 1. The smallest absolute Gasteiger partial charge is 0.321 e. The molecule has 5 nitrogen and oxygen atoms in total. The zero-order chi connectivity index (χ0) is 15.5. The SMILES string of the molecule is CCN(C(=O)NCC1(C(=O)O)CCC1)c1ccccc1C. The van der Waals surface area contributed by atoms with Gasteiger partial charge in [-0.1, -0.05) is 24.6 Å². The maximum absolute atomic E-state index is 12.4. The summed E-state index contributed by atoms with van der Waals surface area (Å²) in [6.45, 7) is 4.60. The van der Waals surface area contributed by atoms with E-state index in [1.165, 1.54) is 0 Å². The third-order valence-corrected chi connectivity index (χ3v) is 4.31. The summed E-state index contributed by atoms with van der Waals surface area (Å²) in [5.74, 6) is -0.812. The number of nitrogens with one attached hydrogen (secondary N) is 1. The van der Waals surface area contributed by atoms with Gasteiger partial charge in [0.25, 0.3) is 0 Å². The molecule has 1 aromatic carbocycles. The summed E-state index contributed by atoms with van der Waals surface area (Å²) in [6, 6.07) is 7.44. The Morgan fingerprint density at radius 1 is 1.33 bits per heavy atom. The summed E-state index contributed by atoms with van der Waals surface area (Å²) >= 11 is 0. The third-order valence-electron chi connectivity index (χ3n) is 4.31. The van der Waals surface area contributed by atoms with Gasteiger partial charge in [-0.05, 0) is 38.3 Å². The van der Waals surface area contributed by atoms with E-state index in [9.17, 15) is 14.7 Å². The first kappa shape index (κ1) is 15.4. The Hall–Kier alpha value is -2.04. The zero-order valence-corrected chi connectivity index (χ0v) is 12.6. The average molecular weight is 290 g/mol. The monoisotopic (exact) mass is 290 g/mol. The van der Waals surface area contributed by atoms with Crippen LogP contribution in [0.15, 0.2) is 24.3 Å². The van der Waals surface area contributed by atoms with Gasteiger partial charge < -0.3 is 10.4 Å². The Kier molecular flexibility index (Phi) is 4.50. The van der Waals surface area contributed by atoms with Crippen LogP contribution in [0.4, 0.5) is 10.5 Å². The fourth-order valence-corrected chi connectivity index (χ4v) is 2.70. The summed E-state index contributed by atoms with van der Waals surface area (Å²) in [6.07, 6.45) is 2.19. The van der Waals surface area contributed by atoms with Gasteiger partial charge in [0.15, 0.2) is 0 Å². The molecule has 1 aliphatic rings. The predicted molar refractivity (Wildman–Crippen MR) is 81.5 cm³/mol. The number of para-hydroxylation sites is 1. The van der Waals surface area contributed by atoms with E-state index < -0.39 is 11.4 Å². The molecule has 2 N–H and O–H groups in total. The molecule has 21 heavy (non-hydrogen) atoms. The number of amides is 2. The Morgan fingerprint density at radius 3 is 2.48 bits per heavy atom. The molecule has 1 aromatic rings. The predicted octanol–water partition coefficient (Wildman–Crippen LogP) is 2.79. The molecule has 2 amide bonds. The van der Waals surface area contributed by atoms with Gasteiger partial charge in [-0.2, -0.15) is 0 Å². The lowest BCUT2D eigenvalue weighted by atomic mass is 9.69. The summed E-state index contributed by atoms with van der Waals surface area (Å²) in [4.78, 5) is 25.3. The molecule has 0 heterocycles. The van der Waals surface area contributed by atoms with E-state index in [4.69, 9.17) is 0 Å². The number of nitrogens with zero attached hydrogens (tertiary/aromatic N) is 1. The Balaban J connectivity index is 2.05. The van der Waals surface area contributed by atoms with Crippen LogP contribution in [0.5, 0.6) is 0 Å². The van der Waals surface area contributed by atoms with Crippen molar-refractivity contribution < 1.29 is 14.7 Å². The topological polar surface area (TPSA) is 69.6 Å². The number of rotatable bonds is 5. The number of benzene rings is 1. The number of carboxylic acids is 1. The Bertz CT molecular complexity index is 538. The van der Waals surface area contributed by atoms with Gasteiger partial charge in [0, 0.05) is 18.8 Å². The second-order valence-electron chi connectivity index (χ2n) is 5.63. The molecule has 114 valence electrons. The molecule has 1 saturated carbocycles. The van der Waals surface area contributed by atoms with Crippen LogP contribution >= 0.6 is 0 Å². The summed E-state index contributed by atoms with van der Waals surface area (Å²) in [5.41, 5.74) is 1.11. The number of aryl methyl sites for hydroxylation is 1. The highest BCUT2D eigenvalue weighted by Crippen LogP contribution is 2.40. The van der Waals surface area contributed by atoms with Crippen molar-refractivity contribution in [3.63, 3.8) is 0 Å². The highest BCUT2D eigenvalue weighted by molar-refractivity contribution is 5.93. The number of carbonyl (C=O) groups excluding carboxylic acids is 1. The number of hydrogen-bond donors (Lipinski definition) is 2. The minimum absolute atomic E-state index is 0.198. The largest absolute Gasteiger partial charge is 0.481 e. The number of carbonyl (C=O) groups is 2. The molecule has 0 radical (unpaired) electrons. The summed E-state index contributed by atoms with van der Waals surface area (Å²) in [5, 5.41) is 12.1. The molecular weight excluding hydrogens is 268 g/mol. The quantitative estimate of drug-likeness (QED) is 0.876. The van der Waals surface area contributed by atoms with E-state index in [-0.39, 0.29) is 12.6 Å². The van der Waals surface area contributed by atoms with Gasteiger partial charge in [0.1, 0.15) is 0 Å². The van der Waals surface area contributed by atoms with E-state index in [0.29, 0.717) is 19.4 Å². The van der Waals surface area contributed by atoms with Gasteiger partial charge >= 0.3 is 12.0 Å². The van der Waals surface area contributed by atoms with Crippen LogP contribution in [0.3, 0.4) is 0 Å². The lowest BCUT2D eigenvalue weighted by Crippen LogP contribution is -2.50. The lowest BCUT2D eigenvalue weighted by Gasteiger charge is -2.38. The van der Waals surface area contributed by atoms with Crippen molar-refractivity contribution in [2.45, 2.75) is 33.1 Å². The van der Waals surface area contributed by atoms with Crippen LogP contribution in [0.1, 0.15) is 31.7 Å². The van der Waals surface area contributed by atoms with Crippen molar-refractivity contribution >= 4 is 17.7 Å². The van der Waals surface area contributed by atoms with Crippen molar-refractivity contribution in [3.05, 3.63) is 29.8 Å². The first-order chi connectivity index (χ1) is 10.00. The van der Waals surface area contributed by atoms with E-state index in [1.807, 2.05) is 38.1 Å². The first-order valence-corrected chi connectivity index (χ1v) is 7.34. The second kappa shape index (κ2) is 6.16. The molecular formula is C16H22N2O3. The van der Waals surface area contributed by atoms with E-state index in [2.05, 4.69) is 5.32 Å². The molecule has 0 atom stereocenters. The standard InChI is InChI=1S/C16H22N2O3/c1-3-18(13-8-5-4-7-12(13)2)15(21)17-11-16(14(19)20)9-6-10-16/h4-5,7-8H,3,6,9-11H2,1-2H3,(H,17,21)(H,19,20).